The monoisotopic (exact) mass is 284 g/mol. The second-order valence-electron chi connectivity index (χ2n) is 4.65. The van der Waals surface area contributed by atoms with E-state index in [1.54, 1.807) is 12.2 Å². The fraction of sp³-hybridized carbons (Fsp3) is 0.643. The zero-order valence-electron chi connectivity index (χ0n) is 12.0. The van der Waals surface area contributed by atoms with Crippen LogP contribution < -0.4 is 0 Å². The molecule has 0 heterocycles. The predicted octanol–water partition coefficient (Wildman–Crippen LogP) is 1.24. The molecule has 0 fully saturated rings. The van der Waals surface area contributed by atoms with Crippen molar-refractivity contribution in [2.24, 2.45) is 11.8 Å². The van der Waals surface area contributed by atoms with Crippen LogP contribution in [0.15, 0.2) is 12.2 Å². The van der Waals surface area contributed by atoms with Crippen molar-refractivity contribution in [3.8, 4) is 0 Å². The van der Waals surface area contributed by atoms with Gasteiger partial charge in [-0.1, -0.05) is 6.08 Å². The Labute approximate surface area is 118 Å². The van der Waals surface area contributed by atoms with Crippen LogP contribution in [0.5, 0.6) is 0 Å². The van der Waals surface area contributed by atoms with Crippen LogP contribution in [0.4, 0.5) is 0 Å². The highest BCUT2D eigenvalue weighted by Gasteiger charge is 2.36. The summed E-state index contributed by atoms with van der Waals surface area (Å²) in [7, 11) is 2.47. The largest absolute Gasteiger partial charge is 0.468 e. The van der Waals surface area contributed by atoms with Gasteiger partial charge in [-0.2, -0.15) is 0 Å². The first kappa shape index (κ1) is 16.2. The Morgan fingerprint density at radius 2 is 1.65 bits per heavy atom. The van der Waals surface area contributed by atoms with Crippen LogP contribution >= 0.6 is 0 Å². The van der Waals surface area contributed by atoms with Crippen LogP contribution in [0.3, 0.4) is 0 Å². The Bertz CT molecular complexity index is 384. The summed E-state index contributed by atoms with van der Waals surface area (Å²) in [5.74, 6) is -2.86. The molecule has 0 unspecified atom stereocenters. The first-order chi connectivity index (χ1) is 9.49. The van der Waals surface area contributed by atoms with Crippen molar-refractivity contribution in [2.75, 3.05) is 14.2 Å². The van der Waals surface area contributed by atoms with E-state index in [2.05, 4.69) is 9.47 Å². The zero-order chi connectivity index (χ0) is 15.1. The summed E-state index contributed by atoms with van der Waals surface area (Å²) < 4.78 is 14.4. The number of esters is 3. The Morgan fingerprint density at radius 1 is 1.05 bits per heavy atom. The lowest BCUT2D eigenvalue weighted by Gasteiger charge is -2.19. The van der Waals surface area contributed by atoms with Gasteiger partial charge >= 0.3 is 17.9 Å². The minimum absolute atomic E-state index is 0.310. The molecule has 0 radical (unpaired) electrons. The molecule has 0 spiro atoms. The molecule has 0 aromatic heterocycles. The fourth-order valence-electron chi connectivity index (χ4n) is 2.30. The van der Waals surface area contributed by atoms with Crippen LogP contribution in [0.1, 0.15) is 26.2 Å². The van der Waals surface area contributed by atoms with Crippen molar-refractivity contribution in [3.63, 3.8) is 0 Å². The highest BCUT2D eigenvalue weighted by molar-refractivity contribution is 5.95. The van der Waals surface area contributed by atoms with E-state index in [1.165, 1.54) is 21.1 Å². The first-order valence-corrected chi connectivity index (χ1v) is 6.50. The molecule has 6 heteroatoms. The number of allylic oxidation sites excluding steroid dienone is 1. The minimum atomic E-state index is -0.975. The lowest BCUT2D eigenvalue weighted by Crippen LogP contribution is -2.32. The molecule has 0 saturated carbocycles. The van der Waals surface area contributed by atoms with Gasteiger partial charge in [-0.3, -0.25) is 14.4 Å². The van der Waals surface area contributed by atoms with Gasteiger partial charge in [0, 0.05) is 12.8 Å². The van der Waals surface area contributed by atoms with Crippen molar-refractivity contribution in [3.05, 3.63) is 12.2 Å². The number of methoxy groups -OCH3 is 2. The zero-order valence-corrected chi connectivity index (χ0v) is 12.0. The van der Waals surface area contributed by atoms with Crippen molar-refractivity contribution >= 4 is 17.9 Å². The number of hydrogen-bond acceptors (Lipinski definition) is 6. The molecular formula is C14H20O6. The van der Waals surface area contributed by atoms with Gasteiger partial charge in [0.05, 0.1) is 14.2 Å². The standard InChI is InChI=1S/C14H20O6/c1-9(15)20-11-6-4-5-10(7-8-11)12(13(16)18-2)14(17)19-3/h7-8,10-12H,4-6H2,1-3H3/t10-,11+/m1/s1. The smallest absolute Gasteiger partial charge is 0.320 e. The third kappa shape index (κ3) is 4.36. The molecule has 0 N–H and O–H groups in total. The lowest BCUT2D eigenvalue weighted by atomic mass is 9.88. The van der Waals surface area contributed by atoms with Crippen LogP contribution in [0.2, 0.25) is 0 Å². The van der Waals surface area contributed by atoms with E-state index in [4.69, 9.17) is 4.74 Å². The summed E-state index contributed by atoms with van der Waals surface area (Å²) in [5, 5.41) is 0. The quantitative estimate of drug-likeness (QED) is 0.334. The summed E-state index contributed by atoms with van der Waals surface area (Å²) >= 11 is 0. The van der Waals surface area contributed by atoms with Gasteiger partial charge in [-0.25, -0.2) is 0 Å². The molecule has 1 aliphatic carbocycles. The number of hydrogen-bond donors (Lipinski definition) is 0. The SMILES string of the molecule is COC(=O)C(C(=O)OC)[C@H]1C=C[C@@H](OC(C)=O)CCC1. The Morgan fingerprint density at radius 3 is 2.15 bits per heavy atom. The summed E-state index contributed by atoms with van der Waals surface area (Å²) in [5.41, 5.74) is 0. The van der Waals surface area contributed by atoms with E-state index in [0.717, 1.165) is 6.42 Å². The molecule has 1 aliphatic rings. The van der Waals surface area contributed by atoms with Crippen molar-refractivity contribution < 1.29 is 28.6 Å². The van der Waals surface area contributed by atoms with Crippen LogP contribution in [0, 0.1) is 11.8 Å². The number of carbonyl (C=O) groups excluding carboxylic acids is 3. The number of ether oxygens (including phenoxy) is 3. The lowest BCUT2D eigenvalue weighted by molar-refractivity contribution is -0.160. The van der Waals surface area contributed by atoms with Crippen molar-refractivity contribution in [1.82, 2.24) is 0 Å². The maximum Gasteiger partial charge on any atom is 0.320 e. The third-order valence-electron chi connectivity index (χ3n) is 3.25. The third-order valence-corrected chi connectivity index (χ3v) is 3.25. The maximum absolute atomic E-state index is 11.7. The number of rotatable bonds is 4. The molecule has 0 aliphatic heterocycles. The molecular weight excluding hydrogens is 264 g/mol. The van der Waals surface area contributed by atoms with Crippen molar-refractivity contribution in [1.29, 1.82) is 0 Å². The predicted molar refractivity (Wildman–Crippen MR) is 69.6 cm³/mol. The van der Waals surface area contributed by atoms with E-state index in [0.29, 0.717) is 12.8 Å². The molecule has 1 rings (SSSR count). The molecule has 2 atom stereocenters. The molecule has 6 nitrogen and oxygen atoms in total. The molecule has 112 valence electrons. The second-order valence-corrected chi connectivity index (χ2v) is 4.65. The van der Waals surface area contributed by atoms with Crippen molar-refractivity contribution in [2.45, 2.75) is 32.3 Å². The van der Waals surface area contributed by atoms with Gasteiger partial charge in [0.2, 0.25) is 0 Å². The van der Waals surface area contributed by atoms with Gasteiger partial charge in [-0.15, -0.1) is 0 Å². The minimum Gasteiger partial charge on any atom is -0.468 e. The Balaban J connectivity index is 2.84. The van der Waals surface area contributed by atoms with E-state index in [9.17, 15) is 14.4 Å². The maximum atomic E-state index is 11.7. The number of carbonyl (C=O) groups is 3. The molecule has 0 aromatic carbocycles. The van der Waals surface area contributed by atoms with Gasteiger partial charge in [0.25, 0.3) is 0 Å². The Hall–Kier alpha value is -1.85. The van der Waals surface area contributed by atoms with E-state index >= 15 is 0 Å². The normalized spacial score (nSPS) is 22.0. The van der Waals surface area contributed by atoms with Crippen LogP contribution in [0.25, 0.3) is 0 Å². The Kier molecular flexibility index (Phi) is 6.21. The summed E-state index contributed by atoms with van der Waals surface area (Å²) in [4.78, 5) is 34.4. The topological polar surface area (TPSA) is 78.9 Å². The molecule has 0 saturated heterocycles. The average Bonchev–Trinajstić information content (AvgIpc) is 2.63. The van der Waals surface area contributed by atoms with Gasteiger partial charge in [0.1, 0.15) is 6.10 Å². The molecule has 0 bridgehead atoms. The molecule has 0 amide bonds. The fourth-order valence-corrected chi connectivity index (χ4v) is 2.30. The van der Waals surface area contributed by atoms with E-state index in [-0.39, 0.29) is 18.0 Å². The average molecular weight is 284 g/mol. The summed E-state index contributed by atoms with van der Waals surface area (Å²) in [6, 6.07) is 0. The molecule has 20 heavy (non-hydrogen) atoms. The van der Waals surface area contributed by atoms with Crippen LogP contribution in [-0.2, 0) is 28.6 Å². The summed E-state index contributed by atoms with van der Waals surface area (Å²) in [6.45, 7) is 1.35. The molecule has 0 aromatic rings. The van der Waals surface area contributed by atoms with E-state index in [1.807, 2.05) is 0 Å². The van der Waals surface area contributed by atoms with Gasteiger partial charge in [-0.05, 0) is 25.3 Å². The highest BCUT2D eigenvalue weighted by atomic mass is 16.5. The highest BCUT2D eigenvalue weighted by Crippen LogP contribution is 2.27. The van der Waals surface area contributed by atoms with E-state index < -0.39 is 17.9 Å². The van der Waals surface area contributed by atoms with Crippen LogP contribution in [-0.4, -0.2) is 38.2 Å². The second kappa shape index (κ2) is 7.67. The summed E-state index contributed by atoms with van der Waals surface area (Å²) in [6.07, 6.45) is 5.18. The van der Waals surface area contributed by atoms with Gasteiger partial charge < -0.3 is 14.2 Å². The first-order valence-electron chi connectivity index (χ1n) is 6.50. The van der Waals surface area contributed by atoms with Gasteiger partial charge in [0.15, 0.2) is 5.92 Å².